The van der Waals surface area contributed by atoms with E-state index in [0.29, 0.717) is 11.7 Å². The number of aromatic hydroxyl groups is 1. The van der Waals surface area contributed by atoms with Gasteiger partial charge in [0.2, 0.25) is 0 Å². The van der Waals surface area contributed by atoms with Crippen molar-refractivity contribution in [1.82, 2.24) is 4.90 Å². The smallest absolute Gasteiger partial charge is 0.251 e. The Balaban J connectivity index is 1.92. The molecule has 1 unspecified atom stereocenters. The monoisotopic (exact) mass is 263 g/mol. The van der Waals surface area contributed by atoms with E-state index in [4.69, 9.17) is 4.74 Å². The maximum atomic E-state index is 12.0. The van der Waals surface area contributed by atoms with Gasteiger partial charge in [0, 0.05) is 20.2 Å². The standard InChI is InChI=1S/C15H21NO3/c1-11(19-2)15(18)16-9-7-13(8-10-16)12-3-5-14(17)6-4-12/h3-6,11,13,17H,7-10H2,1-2H3. The zero-order valence-corrected chi connectivity index (χ0v) is 11.5. The molecule has 0 bridgehead atoms. The largest absolute Gasteiger partial charge is 0.508 e. The molecule has 1 atom stereocenters. The minimum absolute atomic E-state index is 0.0756. The van der Waals surface area contributed by atoms with E-state index in [-0.39, 0.29) is 12.0 Å². The van der Waals surface area contributed by atoms with Crippen molar-refractivity contribution in [2.75, 3.05) is 20.2 Å². The number of phenolic OH excluding ortho intramolecular Hbond substituents is 1. The Kier molecular flexibility index (Phi) is 4.43. The van der Waals surface area contributed by atoms with Gasteiger partial charge in [0.1, 0.15) is 11.9 Å². The third kappa shape index (κ3) is 3.26. The summed E-state index contributed by atoms with van der Waals surface area (Å²) in [5.74, 6) is 0.847. The molecule has 0 spiro atoms. The molecule has 1 heterocycles. The van der Waals surface area contributed by atoms with Crippen molar-refractivity contribution in [3.63, 3.8) is 0 Å². The van der Waals surface area contributed by atoms with Crippen molar-refractivity contribution in [3.05, 3.63) is 29.8 Å². The van der Waals surface area contributed by atoms with Crippen LogP contribution in [0.3, 0.4) is 0 Å². The Morgan fingerprint density at radius 2 is 1.89 bits per heavy atom. The van der Waals surface area contributed by atoms with E-state index in [0.717, 1.165) is 25.9 Å². The highest BCUT2D eigenvalue weighted by molar-refractivity contribution is 5.80. The first-order valence-corrected chi connectivity index (χ1v) is 6.72. The van der Waals surface area contributed by atoms with Crippen molar-refractivity contribution >= 4 is 5.91 Å². The molecule has 19 heavy (non-hydrogen) atoms. The van der Waals surface area contributed by atoms with Crippen LogP contribution >= 0.6 is 0 Å². The van der Waals surface area contributed by atoms with Crippen LogP contribution in [0.2, 0.25) is 0 Å². The lowest BCUT2D eigenvalue weighted by atomic mass is 9.89. The molecule has 1 amide bonds. The van der Waals surface area contributed by atoms with Gasteiger partial charge >= 0.3 is 0 Å². The third-order valence-electron chi connectivity index (χ3n) is 3.87. The molecule has 1 aliphatic rings. The van der Waals surface area contributed by atoms with Crippen LogP contribution in [0.15, 0.2) is 24.3 Å². The molecular weight excluding hydrogens is 242 g/mol. The summed E-state index contributed by atoms with van der Waals surface area (Å²) in [4.78, 5) is 13.9. The van der Waals surface area contributed by atoms with Crippen LogP contribution in [0.1, 0.15) is 31.2 Å². The molecule has 1 fully saturated rings. The number of carbonyl (C=O) groups is 1. The molecule has 1 N–H and O–H groups in total. The number of hydrogen-bond acceptors (Lipinski definition) is 3. The van der Waals surface area contributed by atoms with Gasteiger partial charge in [-0.15, -0.1) is 0 Å². The van der Waals surface area contributed by atoms with Crippen molar-refractivity contribution in [2.45, 2.75) is 31.8 Å². The number of carbonyl (C=O) groups excluding carboxylic acids is 1. The zero-order chi connectivity index (χ0) is 13.8. The lowest BCUT2D eigenvalue weighted by molar-refractivity contribution is -0.142. The molecule has 0 aromatic heterocycles. The van der Waals surface area contributed by atoms with Crippen LogP contribution in [0.5, 0.6) is 5.75 Å². The number of methoxy groups -OCH3 is 1. The van der Waals surface area contributed by atoms with Crippen molar-refractivity contribution in [2.24, 2.45) is 0 Å². The van der Waals surface area contributed by atoms with E-state index in [1.165, 1.54) is 5.56 Å². The summed E-state index contributed by atoms with van der Waals surface area (Å²) in [6, 6.07) is 7.38. The molecule has 0 radical (unpaired) electrons. The average Bonchev–Trinajstić information content (AvgIpc) is 2.46. The van der Waals surface area contributed by atoms with Gasteiger partial charge in [-0.2, -0.15) is 0 Å². The fourth-order valence-electron chi connectivity index (χ4n) is 2.54. The van der Waals surface area contributed by atoms with Gasteiger partial charge in [0.05, 0.1) is 0 Å². The van der Waals surface area contributed by atoms with Crippen molar-refractivity contribution in [1.29, 1.82) is 0 Å². The molecule has 1 aliphatic heterocycles. The number of rotatable bonds is 3. The second-order valence-electron chi connectivity index (χ2n) is 5.07. The van der Waals surface area contributed by atoms with Gasteiger partial charge in [0.15, 0.2) is 0 Å². The van der Waals surface area contributed by atoms with Gasteiger partial charge in [0.25, 0.3) is 5.91 Å². The number of nitrogens with zero attached hydrogens (tertiary/aromatic N) is 1. The molecule has 4 heteroatoms. The average molecular weight is 263 g/mol. The Morgan fingerprint density at radius 3 is 2.42 bits per heavy atom. The van der Waals surface area contributed by atoms with Crippen LogP contribution in [0, 0.1) is 0 Å². The predicted octanol–water partition coefficient (Wildman–Crippen LogP) is 2.13. The first kappa shape index (κ1) is 13.9. The van der Waals surface area contributed by atoms with Crippen LogP contribution < -0.4 is 0 Å². The van der Waals surface area contributed by atoms with Crippen LogP contribution in [-0.2, 0) is 9.53 Å². The summed E-state index contributed by atoms with van der Waals surface area (Å²) in [6.07, 6.45) is 1.57. The summed E-state index contributed by atoms with van der Waals surface area (Å²) in [6.45, 7) is 3.34. The normalized spacial score (nSPS) is 18.3. The number of benzene rings is 1. The number of phenols is 1. The van der Waals surface area contributed by atoms with Crippen LogP contribution in [-0.4, -0.2) is 42.2 Å². The number of amides is 1. The van der Waals surface area contributed by atoms with Gasteiger partial charge < -0.3 is 14.7 Å². The molecule has 0 aliphatic carbocycles. The zero-order valence-electron chi connectivity index (χ0n) is 11.5. The third-order valence-corrected chi connectivity index (χ3v) is 3.87. The second-order valence-corrected chi connectivity index (χ2v) is 5.07. The summed E-state index contributed by atoms with van der Waals surface area (Å²) in [7, 11) is 1.56. The van der Waals surface area contributed by atoms with E-state index < -0.39 is 0 Å². The molecule has 1 saturated heterocycles. The van der Waals surface area contributed by atoms with Crippen LogP contribution in [0.25, 0.3) is 0 Å². The lowest BCUT2D eigenvalue weighted by Crippen LogP contribution is -2.43. The van der Waals surface area contributed by atoms with Gasteiger partial charge in [-0.3, -0.25) is 4.79 Å². The summed E-state index contributed by atoms with van der Waals surface area (Å²) < 4.78 is 5.07. The summed E-state index contributed by atoms with van der Waals surface area (Å²) >= 11 is 0. The lowest BCUT2D eigenvalue weighted by Gasteiger charge is -2.33. The minimum atomic E-state index is -0.356. The molecule has 1 aromatic rings. The Hall–Kier alpha value is -1.55. The second kappa shape index (κ2) is 6.06. The van der Waals surface area contributed by atoms with Crippen molar-refractivity contribution in [3.8, 4) is 5.75 Å². The maximum absolute atomic E-state index is 12.0. The summed E-state index contributed by atoms with van der Waals surface area (Å²) in [5, 5.41) is 9.29. The van der Waals surface area contributed by atoms with E-state index in [1.54, 1.807) is 26.2 Å². The minimum Gasteiger partial charge on any atom is -0.508 e. The quantitative estimate of drug-likeness (QED) is 0.909. The van der Waals surface area contributed by atoms with Crippen LogP contribution in [0.4, 0.5) is 0 Å². The molecule has 0 saturated carbocycles. The molecule has 2 rings (SSSR count). The Morgan fingerprint density at radius 1 is 1.32 bits per heavy atom. The number of piperidine rings is 1. The Bertz CT molecular complexity index is 422. The highest BCUT2D eigenvalue weighted by atomic mass is 16.5. The van der Waals surface area contributed by atoms with Crippen molar-refractivity contribution < 1.29 is 14.6 Å². The van der Waals surface area contributed by atoms with Gasteiger partial charge in [-0.05, 0) is 43.4 Å². The van der Waals surface area contributed by atoms with E-state index in [9.17, 15) is 9.90 Å². The fraction of sp³-hybridized carbons (Fsp3) is 0.533. The summed E-state index contributed by atoms with van der Waals surface area (Å²) in [5.41, 5.74) is 1.24. The SMILES string of the molecule is COC(C)C(=O)N1CCC(c2ccc(O)cc2)CC1. The predicted molar refractivity (Wildman–Crippen MR) is 73.1 cm³/mol. The van der Waals surface area contributed by atoms with E-state index >= 15 is 0 Å². The maximum Gasteiger partial charge on any atom is 0.251 e. The number of hydrogen-bond donors (Lipinski definition) is 1. The fourth-order valence-corrected chi connectivity index (χ4v) is 2.54. The molecular formula is C15H21NO3. The highest BCUT2D eigenvalue weighted by Gasteiger charge is 2.26. The number of ether oxygens (including phenoxy) is 1. The Labute approximate surface area is 114 Å². The molecule has 1 aromatic carbocycles. The topological polar surface area (TPSA) is 49.8 Å². The van der Waals surface area contributed by atoms with Gasteiger partial charge in [-0.25, -0.2) is 0 Å². The molecule has 4 nitrogen and oxygen atoms in total. The first-order chi connectivity index (χ1) is 9.11. The highest BCUT2D eigenvalue weighted by Crippen LogP contribution is 2.29. The molecule has 104 valence electrons. The van der Waals surface area contributed by atoms with E-state index in [1.807, 2.05) is 17.0 Å². The first-order valence-electron chi connectivity index (χ1n) is 6.72. The van der Waals surface area contributed by atoms with E-state index in [2.05, 4.69) is 0 Å². The number of likely N-dealkylation sites (tertiary alicyclic amines) is 1. The van der Waals surface area contributed by atoms with Gasteiger partial charge in [-0.1, -0.05) is 12.1 Å².